The predicted octanol–water partition coefficient (Wildman–Crippen LogP) is 3.11. The number of amides is 1. The van der Waals surface area contributed by atoms with Crippen molar-refractivity contribution < 1.29 is 4.79 Å². The average molecular weight is 334 g/mol. The van der Waals surface area contributed by atoms with Crippen LogP contribution in [0.2, 0.25) is 0 Å². The summed E-state index contributed by atoms with van der Waals surface area (Å²) in [4.78, 5) is 21.0. The number of rotatable bonds is 5. The molecule has 0 bridgehead atoms. The Morgan fingerprint density at radius 2 is 1.96 bits per heavy atom. The quantitative estimate of drug-likeness (QED) is 0.780. The number of hydrogen-bond donors (Lipinski definition) is 1. The predicted molar refractivity (Wildman–Crippen MR) is 97.1 cm³/mol. The summed E-state index contributed by atoms with van der Waals surface area (Å²) in [6.07, 6.45) is 7.04. The zero-order chi connectivity index (χ0) is 17.8. The number of aryl methyl sites for hydroxylation is 3. The molecular formula is C20H22N4O. The van der Waals surface area contributed by atoms with Gasteiger partial charge in [-0.3, -0.25) is 9.78 Å². The second-order valence-corrected chi connectivity index (χ2v) is 6.23. The van der Waals surface area contributed by atoms with Crippen molar-refractivity contribution >= 4 is 5.91 Å². The van der Waals surface area contributed by atoms with Crippen LogP contribution in [0.3, 0.4) is 0 Å². The van der Waals surface area contributed by atoms with Gasteiger partial charge >= 0.3 is 0 Å². The summed E-state index contributed by atoms with van der Waals surface area (Å²) in [6, 6.07) is 9.90. The Balaban J connectivity index is 1.87. The van der Waals surface area contributed by atoms with Crippen LogP contribution in [-0.2, 0) is 11.3 Å². The average Bonchev–Trinajstić information content (AvgIpc) is 3.01. The summed E-state index contributed by atoms with van der Waals surface area (Å²) in [7, 11) is 0. The molecule has 0 saturated carbocycles. The molecule has 3 aromatic rings. The molecule has 3 rings (SSSR count). The van der Waals surface area contributed by atoms with Gasteiger partial charge in [-0.15, -0.1) is 0 Å². The van der Waals surface area contributed by atoms with Gasteiger partial charge < -0.3 is 9.88 Å². The van der Waals surface area contributed by atoms with Crippen LogP contribution in [0.1, 0.15) is 34.1 Å². The molecule has 0 fully saturated rings. The fraction of sp³-hybridized carbons (Fsp3) is 0.250. The van der Waals surface area contributed by atoms with E-state index in [0.717, 1.165) is 17.0 Å². The molecule has 0 aliphatic heterocycles. The van der Waals surface area contributed by atoms with E-state index in [2.05, 4.69) is 47.3 Å². The van der Waals surface area contributed by atoms with Crippen molar-refractivity contribution in [3.63, 3.8) is 0 Å². The zero-order valence-electron chi connectivity index (χ0n) is 14.7. The highest BCUT2D eigenvalue weighted by Crippen LogP contribution is 2.23. The zero-order valence-corrected chi connectivity index (χ0v) is 14.7. The van der Waals surface area contributed by atoms with Crippen molar-refractivity contribution in [3.8, 4) is 0 Å². The minimum atomic E-state index is -0.232. The van der Waals surface area contributed by atoms with Crippen LogP contribution in [-0.4, -0.2) is 20.4 Å². The minimum absolute atomic E-state index is 0.0619. The van der Waals surface area contributed by atoms with Gasteiger partial charge in [0.15, 0.2) is 0 Å². The van der Waals surface area contributed by atoms with Crippen molar-refractivity contribution in [1.29, 1.82) is 0 Å². The van der Waals surface area contributed by atoms with E-state index >= 15 is 0 Å². The number of pyridine rings is 1. The lowest BCUT2D eigenvalue weighted by Crippen LogP contribution is -2.32. The maximum absolute atomic E-state index is 12.6. The molecule has 2 heterocycles. The first kappa shape index (κ1) is 16.9. The Morgan fingerprint density at radius 3 is 2.60 bits per heavy atom. The summed E-state index contributed by atoms with van der Waals surface area (Å²) < 4.78 is 1.83. The maximum Gasteiger partial charge on any atom is 0.240 e. The lowest BCUT2D eigenvalue weighted by molar-refractivity contribution is -0.122. The fourth-order valence-electron chi connectivity index (χ4n) is 2.78. The molecule has 5 heteroatoms. The van der Waals surface area contributed by atoms with Gasteiger partial charge in [0.2, 0.25) is 5.91 Å². The monoisotopic (exact) mass is 334 g/mol. The minimum Gasteiger partial charge on any atom is -0.344 e. The van der Waals surface area contributed by atoms with Crippen molar-refractivity contribution in [1.82, 2.24) is 19.9 Å². The number of carbonyl (C=O) groups is 1. The highest BCUT2D eigenvalue weighted by atomic mass is 16.2. The summed E-state index contributed by atoms with van der Waals surface area (Å²) in [5.41, 5.74) is 4.44. The van der Waals surface area contributed by atoms with Crippen LogP contribution in [0, 0.1) is 20.8 Å². The van der Waals surface area contributed by atoms with E-state index < -0.39 is 0 Å². The standard InChI is InChI=1S/C20H22N4O/c1-14-6-7-17(11-15(14)2)20(18-5-4-8-21-12-18)23-19(25)13-24-10-9-22-16(24)3/h4-12,20H,13H2,1-3H3,(H,23,25). The third kappa shape index (κ3) is 3.94. The molecule has 2 aromatic heterocycles. The number of imidazole rings is 1. The van der Waals surface area contributed by atoms with Gasteiger partial charge in [-0.2, -0.15) is 0 Å². The number of benzene rings is 1. The Bertz CT molecular complexity index is 870. The van der Waals surface area contributed by atoms with Gasteiger partial charge in [0.25, 0.3) is 0 Å². The summed E-state index contributed by atoms with van der Waals surface area (Å²) in [5.74, 6) is 0.757. The van der Waals surface area contributed by atoms with Crippen LogP contribution < -0.4 is 5.32 Å². The molecule has 0 spiro atoms. The molecule has 25 heavy (non-hydrogen) atoms. The van der Waals surface area contributed by atoms with Crippen LogP contribution in [0.15, 0.2) is 55.1 Å². The summed E-state index contributed by atoms with van der Waals surface area (Å²) in [5, 5.41) is 3.13. The normalized spacial score (nSPS) is 12.0. The number of nitrogens with zero attached hydrogens (tertiary/aromatic N) is 3. The Hall–Kier alpha value is -2.95. The summed E-state index contributed by atoms with van der Waals surface area (Å²) in [6.45, 7) is 6.29. The first-order chi connectivity index (χ1) is 12.0. The second-order valence-electron chi connectivity index (χ2n) is 6.23. The van der Waals surface area contributed by atoms with Gasteiger partial charge in [-0.25, -0.2) is 4.98 Å². The molecule has 0 saturated heterocycles. The summed E-state index contributed by atoms with van der Waals surface area (Å²) >= 11 is 0. The van der Waals surface area contributed by atoms with Gasteiger partial charge in [0, 0.05) is 24.8 Å². The molecule has 5 nitrogen and oxygen atoms in total. The molecule has 1 amide bonds. The van der Waals surface area contributed by atoms with E-state index in [1.807, 2.05) is 29.8 Å². The van der Waals surface area contributed by atoms with Crippen molar-refractivity contribution in [2.45, 2.75) is 33.4 Å². The Morgan fingerprint density at radius 1 is 1.12 bits per heavy atom. The Labute approximate surface area is 147 Å². The van der Waals surface area contributed by atoms with E-state index in [-0.39, 0.29) is 18.5 Å². The lowest BCUT2D eigenvalue weighted by Gasteiger charge is -2.21. The highest BCUT2D eigenvalue weighted by molar-refractivity contribution is 5.77. The fourth-order valence-corrected chi connectivity index (χ4v) is 2.78. The maximum atomic E-state index is 12.6. The molecule has 1 N–H and O–H groups in total. The lowest BCUT2D eigenvalue weighted by atomic mass is 9.96. The van der Waals surface area contributed by atoms with Crippen molar-refractivity contribution in [2.24, 2.45) is 0 Å². The molecule has 1 unspecified atom stereocenters. The molecule has 0 aliphatic rings. The van der Waals surface area contributed by atoms with Crippen molar-refractivity contribution in [3.05, 3.63) is 83.2 Å². The third-order valence-corrected chi connectivity index (χ3v) is 4.42. The molecule has 128 valence electrons. The van der Waals surface area contributed by atoms with Crippen LogP contribution in [0.4, 0.5) is 0 Å². The van der Waals surface area contributed by atoms with Gasteiger partial charge in [0.05, 0.1) is 6.04 Å². The largest absolute Gasteiger partial charge is 0.344 e. The van der Waals surface area contributed by atoms with Gasteiger partial charge in [-0.1, -0.05) is 24.3 Å². The van der Waals surface area contributed by atoms with Crippen LogP contribution in [0.5, 0.6) is 0 Å². The highest BCUT2D eigenvalue weighted by Gasteiger charge is 2.18. The first-order valence-corrected chi connectivity index (χ1v) is 8.29. The van der Waals surface area contributed by atoms with Crippen LogP contribution in [0.25, 0.3) is 0 Å². The molecule has 0 aliphatic carbocycles. The van der Waals surface area contributed by atoms with E-state index in [1.54, 1.807) is 18.6 Å². The van der Waals surface area contributed by atoms with Gasteiger partial charge in [-0.05, 0) is 49.1 Å². The SMILES string of the molecule is Cc1ccc(C(NC(=O)Cn2ccnc2C)c2cccnc2)cc1C. The molecule has 0 radical (unpaired) electrons. The molecular weight excluding hydrogens is 312 g/mol. The smallest absolute Gasteiger partial charge is 0.240 e. The van der Waals surface area contributed by atoms with E-state index in [1.165, 1.54) is 11.1 Å². The number of nitrogens with one attached hydrogen (secondary N) is 1. The second kappa shape index (κ2) is 7.30. The third-order valence-electron chi connectivity index (χ3n) is 4.42. The van der Waals surface area contributed by atoms with Crippen molar-refractivity contribution in [2.75, 3.05) is 0 Å². The number of hydrogen-bond acceptors (Lipinski definition) is 3. The first-order valence-electron chi connectivity index (χ1n) is 8.29. The van der Waals surface area contributed by atoms with E-state index in [4.69, 9.17) is 0 Å². The van der Waals surface area contributed by atoms with E-state index in [9.17, 15) is 4.79 Å². The van der Waals surface area contributed by atoms with Crippen LogP contribution >= 0.6 is 0 Å². The topological polar surface area (TPSA) is 59.8 Å². The van der Waals surface area contributed by atoms with Gasteiger partial charge in [0.1, 0.15) is 12.4 Å². The van der Waals surface area contributed by atoms with E-state index in [0.29, 0.717) is 0 Å². The number of aromatic nitrogens is 3. The molecule has 1 aromatic carbocycles. The molecule has 1 atom stereocenters. The Kier molecular flexibility index (Phi) is 4.93. The number of carbonyl (C=O) groups excluding carboxylic acids is 1.